The summed E-state index contributed by atoms with van der Waals surface area (Å²) in [6.07, 6.45) is 3.38. The zero-order valence-electron chi connectivity index (χ0n) is 6.51. The quantitative estimate of drug-likeness (QED) is 0.470. The molecule has 2 heteroatoms. The van der Waals surface area contributed by atoms with Crippen molar-refractivity contribution in [1.82, 2.24) is 0 Å². The summed E-state index contributed by atoms with van der Waals surface area (Å²) in [5, 5.41) is 8.57. The van der Waals surface area contributed by atoms with Gasteiger partial charge in [-0.15, -0.1) is 0 Å². The van der Waals surface area contributed by atoms with Crippen LogP contribution in [-0.4, -0.2) is 11.1 Å². The standard InChI is InChI=1S/C8H12O2/c1-4-6(3)7(5-2)8(9)10/h4-5H,1-3H3,(H,9,10). The fourth-order valence-corrected chi connectivity index (χ4v) is 0.675. The minimum Gasteiger partial charge on any atom is -0.478 e. The Balaban J connectivity index is 4.56. The second-order valence-corrected chi connectivity index (χ2v) is 1.98. The number of rotatable bonds is 2. The Morgan fingerprint density at radius 2 is 1.80 bits per heavy atom. The van der Waals surface area contributed by atoms with Gasteiger partial charge in [-0.3, -0.25) is 0 Å². The van der Waals surface area contributed by atoms with Crippen LogP contribution in [0.4, 0.5) is 0 Å². The summed E-state index contributed by atoms with van der Waals surface area (Å²) in [6.45, 7) is 5.32. The highest BCUT2D eigenvalue weighted by Gasteiger charge is 2.05. The zero-order valence-corrected chi connectivity index (χ0v) is 6.51. The van der Waals surface area contributed by atoms with E-state index >= 15 is 0 Å². The molecule has 0 saturated heterocycles. The summed E-state index contributed by atoms with van der Waals surface area (Å²) >= 11 is 0. The maximum absolute atomic E-state index is 10.4. The first kappa shape index (κ1) is 8.95. The van der Waals surface area contributed by atoms with Gasteiger partial charge in [-0.1, -0.05) is 12.2 Å². The van der Waals surface area contributed by atoms with Gasteiger partial charge >= 0.3 is 5.97 Å². The molecule has 0 atom stereocenters. The molecule has 0 spiro atoms. The number of hydrogen-bond donors (Lipinski definition) is 1. The van der Waals surface area contributed by atoms with Crippen LogP contribution < -0.4 is 0 Å². The number of allylic oxidation sites excluding steroid dienone is 2. The summed E-state index contributed by atoms with van der Waals surface area (Å²) in [4.78, 5) is 10.4. The number of aliphatic carboxylic acids is 1. The lowest BCUT2D eigenvalue weighted by Crippen LogP contribution is -2.00. The minimum absolute atomic E-state index is 0.377. The molecule has 1 N–H and O–H groups in total. The molecule has 10 heavy (non-hydrogen) atoms. The lowest BCUT2D eigenvalue weighted by Gasteiger charge is -1.98. The molecule has 0 amide bonds. The van der Waals surface area contributed by atoms with E-state index in [-0.39, 0.29) is 0 Å². The minimum atomic E-state index is -0.863. The maximum Gasteiger partial charge on any atom is 0.335 e. The summed E-state index contributed by atoms with van der Waals surface area (Å²) in [5.74, 6) is -0.863. The molecule has 0 aliphatic heterocycles. The van der Waals surface area contributed by atoms with E-state index < -0.39 is 5.97 Å². The van der Waals surface area contributed by atoms with Crippen LogP contribution in [0.15, 0.2) is 23.3 Å². The van der Waals surface area contributed by atoms with Gasteiger partial charge in [-0.2, -0.15) is 0 Å². The normalized spacial score (nSPS) is 13.5. The van der Waals surface area contributed by atoms with Gasteiger partial charge in [0.15, 0.2) is 0 Å². The lowest BCUT2D eigenvalue weighted by molar-refractivity contribution is -0.132. The molecule has 0 saturated carbocycles. The number of carboxylic acids is 1. The third-order valence-corrected chi connectivity index (χ3v) is 1.38. The summed E-state index contributed by atoms with van der Waals surface area (Å²) in [5.41, 5.74) is 1.18. The molecule has 0 aromatic rings. The first-order valence-corrected chi connectivity index (χ1v) is 3.16. The fourth-order valence-electron chi connectivity index (χ4n) is 0.675. The van der Waals surface area contributed by atoms with Crippen LogP contribution in [0, 0.1) is 0 Å². The predicted octanol–water partition coefficient (Wildman–Crippen LogP) is 1.98. The van der Waals surface area contributed by atoms with Crippen molar-refractivity contribution in [1.29, 1.82) is 0 Å². The van der Waals surface area contributed by atoms with E-state index in [4.69, 9.17) is 5.11 Å². The predicted molar refractivity (Wildman–Crippen MR) is 40.8 cm³/mol. The van der Waals surface area contributed by atoms with Crippen molar-refractivity contribution in [3.8, 4) is 0 Å². The first-order valence-electron chi connectivity index (χ1n) is 3.16. The Kier molecular flexibility index (Phi) is 3.47. The second-order valence-electron chi connectivity index (χ2n) is 1.98. The third-order valence-electron chi connectivity index (χ3n) is 1.38. The van der Waals surface area contributed by atoms with Crippen LogP contribution >= 0.6 is 0 Å². The summed E-state index contributed by atoms with van der Waals surface area (Å²) < 4.78 is 0. The van der Waals surface area contributed by atoms with Crippen molar-refractivity contribution >= 4 is 5.97 Å². The van der Waals surface area contributed by atoms with Gasteiger partial charge in [0.25, 0.3) is 0 Å². The van der Waals surface area contributed by atoms with Crippen molar-refractivity contribution in [2.75, 3.05) is 0 Å². The van der Waals surface area contributed by atoms with Crippen LogP contribution in [-0.2, 0) is 4.79 Å². The van der Waals surface area contributed by atoms with Crippen molar-refractivity contribution in [2.45, 2.75) is 20.8 Å². The molecule has 0 aromatic carbocycles. The Morgan fingerprint density at radius 1 is 1.30 bits per heavy atom. The zero-order chi connectivity index (χ0) is 8.15. The van der Waals surface area contributed by atoms with Gasteiger partial charge in [0.2, 0.25) is 0 Å². The van der Waals surface area contributed by atoms with Crippen molar-refractivity contribution < 1.29 is 9.90 Å². The van der Waals surface area contributed by atoms with E-state index in [0.29, 0.717) is 5.57 Å². The molecule has 0 rings (SSSR count). The van der Waals surface area contributed by atoms with Crippen molar-refractivity contribution in [3.63, 3.8) is 0 Å². The molecular formula is C8H12O2. The fraction of sp³-hybridized carbons (Fsp3) is 0.375. The lowest BCUT2D eigenvalue weighted by atomic mass is 10.1. The van der Waals surface area contributed by atoms with Gasteiger partial charge in [0.05, 0.1) is 5.57 Å². The number of carboxylic acid groups (broad SMARTS) is 1. The molecule has 0 radical (unpaired) electrons. The highest BCUT2D eigenvalue weighted by molar-refractivity contribution is 5.91. The average molecular weight is 140 g/mol. The van der Waals surface area contributed by atoms with Gasteiger partial charge < -0.3 is 5.11 Å². The van der Waals surface area contributed by atoms with Crippen LogP contribution in [0.5, 0.6) is 0 Å². The van der Waals surface area contributed by atoms with Crippen molar-refractivity contribution in [3.05, 3.63) is 23.3 Å². The number of hydrogen-bond acceptors (Lipinski definition) is 1. The molecule has 0 aromatic heterocycles. The van der Waals surface area contributed by atoms with E-state index in [1.54, 1.807) is 26.0 Å². The highest BCUT2D eigenvalue weighted by Crippen LogP contribution is 2.07. The van der Waals surface area contributed by atoms with E-state index in [2.05, 4.69) is 0 Å². The van der Waals surface area contributed by atoms with E-state index in [1.807, 2.05) is 6.92 Å². The Bertz CT molecular complexity index is 187. The monoisotopic (exact) mass is 140 g/mol. The second kappa shape index (κ2) is 3.88. The molecule has 0 fully saturated rings. The topological polar surface area (TPSA) is 37.3 Å². The maximum atomic E-state index is 10.4. The number of carbonyl (C=O) groups is 1. The van der Waals surface area contributed by atoms with Gasteiger partial charge in [-0.25, -0.2) is 4.79 Å². The van der Waals surface area contributed by atoms with Crippen LogP contribution in [0.25, 0.3) is 0 Å². The van der Waals surface area contributed by atoms with Gasteiger partial charge in [0.1, 0.15) is 0 Å². The Hall–Kier alpha value is -1.05. The van der Waals surface area contributed by atoms with Gasteiger partial charge in [-0.05, 0) is 26.3 Å². The van der Waals surface area contributed by atoms with E-state index in [9.17, 15) is 4.79 Å². The Morgan fingerprint density at radius 3 is 1.90 bits per heavy atom. The molecule has 0 unspecified atom stereocenters. The molecule has 0 aliphatic carbocycles. The molecule has 0 heterocycles. The van der Waals surface area contributed by atoms with Crippen molar-refractivity contribution in [2.24, 2.45) is 0 Å². The average Bonchev–Trinajstić information content (AvgIpc) is 1.88. The van der Waals surface area contributed by atoms with E-state index in [0.717, 1.165) is 5.57 Å². The molecule has 0 bridgehead atoms. The van der Waals surface area contributed by atoms with Gasteiger partial charge in [0, 0.05) is 0 Å². The largest absolute Gasteiger partial charge is 0.478 e. The highest BCUT2D eigenvalue weighted by atomic mass is 16.4. The summed E-state index contributed by atoms with van der Waals surface area (Å²) in [6, 6.07) is 0. The first-order chi connectivity index (χ1) is 4.63. The SMILES string of the molecule is CC=C(C)C(=CC)C(=O)O. The van der Waals surface area contributed by atoms with Crippen LogP contribution in [0.2, 0.25) is 0 Å². The van der Waals surface area contributed by atoms with Crippen LogP contribution in [0.1, 0.15) is 20.8 Å². The van der Waals surface area contributed by atoms with E-state index in [1.165, 1.54) is 0 Å². The summed E-state index contributed by atoms with van der Waals surface area (Å²) in [7, 11) is 0. The molecular weight excluding hydrogens is 128 g/mol. The molecule has 0 aliphatic rings. The Labute approximate surface area is 60.9 Å². The molecule has 56 valence electrons. The molecule has 2 nitrogen and oxygen atoms in total. The third kappa shape index (κ3) is 2.05. The smallest absolute Gasteiger partial charge is 0.335 e. The van der Waals surface area contributed by atoms with Crippen LogP contribution in [0.3, 0.4) is 0 Å².